The van der Waals surface area contributed by atoms with E-state index in [4.69, 9.17) is 0 Å². The van der Waals surface area contributed by atoms with Crippen LogP contribution in [0.5, 0.6) is 0 Å². The van der Waals surface area contributed by atoms with Crippen LogP contribution in [-0.4, -0.2) is 56.9 Å². The summed E-state index contributed by atoms with van der Waals surface area (Å²) in [6, 6.07) is 11.5. The minimum atomic E-state index is -0.507. The fourth-order valence-corrected chi connectivity index (χ4v) is 4.21. The lowest BCUT2D eigenvalue weighted by Crippen LogP contribution is -2.49. The van der Waals surface area contributed by atoms with Crippen molar-refractivity contribution in [3.63, 3.8) is 0 Å². The Labute approximate surface area is 172 Å². The normalized spacial score (nSPS) is 19.9. The molecule has 2 fully saturated rings. The zero-order valence-corrected chi connectivity index (χ0v) is 16.7. The van der Waals surface area contributed by atoms with Crippen LogP contribution in [-0.2, 0) is 0 Å². The van der Waals surface area contributed by atoms with E-state index in [2.05, 4.69) is 14.9 Å². The van der Waals surface area contributed by atoms with Crippen molar-refractivity contribution in [2.75, 3.05) is 26.7 Å². The van der Waals surface area contributed by atoms with Gasteiger partial charge >= 0.3 is 5.69 Å². The molecular formula is C22H23N5O3. The molecule has 1 saturated heterocycles. The summed E-state index contributed by atoms with van der Waals surface area (Å²) in [5.41, 5.74) is 0.837. The lowest BCUT2D eigenvalue weighted by molar-refractivity contribution is 0.0498. The molecule has 8 heteroatoms. The topological polar surface area (TPSA) is 91.3 Å². The number of nitrogens with one attached hydrogen (secondary N) is 1. The molecule has 0 radical (unpaired) electrons. The molecule has 1 atom stereocenters. The molecular weight excluding hydrogens is 382 g/mol. The van der Waals surface area contributed by atoms with Crippen molar-refractivity contribution in [2.24, 2.45) is 0 Å². The molecule has 0 bridgehead atoms. The van der Waals surface area contributed by atoms with Gasteiger partial charge in [-0.05, 0) is 31.5 Å². The minimum absolute atomic E-state index is 0.0750. The Balaban J connectivity index is 1.55. The van der Waals surface area contributed by atoms with E-state index >= 15 is 0 Å². The molecule has 1 aliphatic carbocycles. The summed E-state index contributed by atoms with van der Waals surface area (Å²) >= 11 is 0. The SMILES string of the molecule is CN1CCN(C(=O)c2cnc3c(c2)c(=O)[nH]c(=O)n3C2CC2)C(c2ccccc2)C1. The molecule has 3 heterocycles. The predicted octanol–water partition coefficient (Wildman–Crippen LogP) is 1.55. The van der Waals surface area contributed by atoms with Crippen LogP contribution in [0.4, 0.5) is 0 Å². The summed E-state index contributed by atoms with van der Waals surface area (Å²) in [4.78, 5) is 48.9. The van der Waals surface area contributed by atoms with E-state index in [-0.39, 0.29) is 23.4 Å². The predicted molar refractivity (Wildman–Crippen MR) is 113 cm³/mol. The van der Waals surface area contributed by atoms with E-state index < -0.39 is 11.2 Å². The minimum Gasteiger partial charge on any atom is -0.329 e. The summed E-state index contributed by atoms with van der Waals surface area (Å²) in [7, 11) is 2.05. The number of pyridine rings is 1. The van der Waals surface area contributed by atoms with Gasteiger partial charge in [0.2, 0.25) is 0 Å². The van der Waals surface area contributed by atoms with Gasteiger partial charge in [-0.3, -0.25) is 19.1 Å². The molecule has 1 unspecified atom stereocenters. The van der Waals surface area contributed by atoms with E-state index in [1.165, 1.54) is 10.8 Å². The highest BCUT2D eigenvalue weighted by Crippen LogP contribution is 2.35. The van der Waals surface area contributed by atoms with Crippen LogP contribution in [0.25, 0.3) is 11.0 Å². The number of carbonyl (C=O) groups excluding carboxylic acids is 1. The Bertz CT molecular complexity index is 1230. The monoisotopic (exact) mass is 405 g/mol. The van der Waals surface area contributed by atoms with Crippen LogP contribution in [0.3, 0.4) is 0 Å². The zero-order chi connectivity index (χ0) is 20.8. The number of hydrogen-bond donors (Lipinski definition) is 1. The van der Waals surface area contributed by atoms with E-state index in [1.807, 2.05) is 42.3 Å². The fourth-order valence-electron chi connectivity index (χ4n) is 4.21. The van der Waals surface area contributed by atoms with E-state index in [0.29, 0.717) is 17.8 Å². The Morgan fingerprint density at radius 3 is 2.63 bits per heavy atom. The number of likely N-dealkylation sites (N-methyl/N-ethyl adjacent to an activating group) is 1. The van der Waals surface area contributed by atoms with Crippen LogP contribution < -0.4 is 11.2 Å². The highest BCUT2D eigenvalue weighted by atomic mass is 16.2. The van der Waals surface area contributed by atoms with Gasteiger partial charge in [0.15, 0.2) is 0 Å². The van der Waals surface area contributed by atoms with Crippen molar-refractivity contribution in [2.45, 2.75) is 24.9 Å². The van der Waals surface area contributed by atoms with Crippen LogP contribution >= 0.6 is 0 Å². The molecule has 0 spiro atoms. The second-order valence-electron chi connectivity index (χ2n) is 8.14. The Morgan fingerprint density at radius 2 is 1.90 bits per heavy atom. The average molecular weight is 405 g/mol. The van der Waals surface area contributed by atoms with E-state index in [0.717, 1.165) is 31.5 Å². The molecule has 2 aliphatic rings. The van der Waals surface area contributed by atoms with Crippen molar-refractivity contribution in [1.29, 1.82) is 0 Å². The van der Waals surface area contributed by atoms with Crippen LogP contribution in [0.2, 0.25) is 0 Å². The molecule has 1 amide bonds. The molecule has 1 N–H and O–H groups in total. The maximum absolute atomic E-state index is 13.4. The first kappa shape index (κ1) is 18.7. The zero-order valence-electron chi connectivity index (χ0n) is 16.7. The summed E-state index contributed by atoms with van der Waals surface area (Å²) < 4.78 is 1.54. The van der Waals surface area contributed by atoms with Gasteiger partial charge < -0.3 is 9.80 Å². The van der Waals surface area contributed by atoms with Crippen molar-refractivity contribution in [3.8, 4) is 0 Å². The Morgan fingerprint density at radius 1 is 1.13 bits per heavy atom. The quantitative estimate of drug-likeness (QED) is 0.714. The highest BCUT2D eigenvalue weighted by Gasteiger charge is 2.32. The van der Waals surface area contributed by atoms with Crippen LogP contribution in [0.1, 0.15) is 40.8 Å². The summed E-state index contributed by atoms with van der Waals surface area (Å²) in [6.07, 6.45) is 3.27. The largest absolute Gasteiger partial charge is 0.330 e. The number of amides is 1. The fraction of sp³-hybridized carbons (Fsp3) is 0.364. The number of rotatable bonds is 3. The maximum atomic E-state index is 13.4. The molecule has 2 aromatic heterocycles. The summed E-state index contributed by atoms with van der Waals surface area (Å²) in [6.45, 7) is 2.10. The first-order chi connectivity index (χ1) is 14.5. The lowest BCUT2D eigenvalue weighted by Gasteiger charge is -2.40. The molecule has 1 aromatic carbocycles. The van der Waals surface area contributed by atoms with Gasteiger partial charge in [0, 0.05) is 31.9 Å². The number of aromatic nitrogens is 3. The Kier molecular flexibility index (Phi) is 4.51. The van der Waals surface area contributed by atoms with Crippen LogP contribution in [0.15, 0.2) is 52.2 Å². The number of fused-ring (bicyclic) bond motifs is 1. The molecule has 1 saturated carbocycles. The number of H-pyrrole nitrogens is 1. The average Bonchev–Trinajstić information content (AvgIpc) is 3.59. The third kappa shape index (κ3) is 3.23. The number of nitrogens with zero attached hydrogens (tertiary/aromatic N) is 4. The number of benzene rings is 1. The van der Waals surface area contributed by atoms with E-state index in [1.54, 1.807) is 6.07 Å². The van der Waals surface area contributed by atoms with Gasteiger partial charge in [-0.2, -0.15) is 0 Å². The molecule has 3 aromatic rings. The first-order valence-corrected chi connectivity index (χ1v) is 10.2. The smallest absolute Gasteiger partial charge is 0.329 e. The van der Waals surface area contributed by atoms with Crippen molar-refractivity contribution >= 4 is 16.9 Å². The van der Waals surface area contributed by atoms with Crippen molar-refractivity contribution in [3.05, 3.63) is 74.6 Å². The first-order valence-electron chi connectivity index (χ1n) is 10.2. The van der Waals surface area contributed by atoms with Crippen molar-refractivity contribution in [1.82, 2.24) is 24.3 Å². The molecule has 5 rings (SSSR count). The van der Waals surface area contributed by atoms with Gasteiger partial charge in [0.05, 0.1) is 17.0 Å². The van der Waals surface area contributed by atoms with Crippen molar-refractivity contribution < 1.29 is 4.79 Å². The van der Waals surface area contributed by atoms with Gasteiger partial charge in [-0.15, -0.1) is 0 Å². The lowest BCUT2D eigenvalue weighted by atomic mass is 10.0. The number of carbonyl (C=O) groups is 1. The van der Waals surface area contributed by atoms with Gasteiger partial charge in [0.1, 0.15) is 5.65 Å². The Hall–Kier alpha value is -3.26. The summed E-state index contributed by atoms with van der Waals surface area (Å²) in [5, 5.41) is 0.276. The molecule has 1 aliphatic heterocycles. The summed E-state index contributed by atoms with van der Waals surface area (Å²) in [5.74, 6) is -0.157. The standard InChI is InChI=1S/C22H23N5O3/c1-25-9-10-26(18(13-25)14-5-3-2-4-6-14)21(29)15-11-17-19(23-12-15)27(16-7-8-16)22(30)24-20(17)28/h2-6,11-12,16,18H,7-10,13H2,1H3,(H,24,28,30). The van der Waals surface area contributed by atoms with Gasteiger partial charge in [-0.1, -0.05) is 30.3 Å². The second-order valence-corrected chi connectivity index (χ2v) is 8.14. The highest BCUT2D eigenvalue weighted by molar-refractivity contribution is 5.97. The molecule has 30 heavy (non-hydrogen) atoms. The van der Waals surface area contributed by atoms with E-state index in [9.17, 15) is 14.4 Å². The second kappa shape index (κ2) is 7.21. The third-order valence-corrected chi connectivity index (χ3v) is 5.97. The van der Waals surface area contributed by atoms with Crippen LogP contribution in [0, 0.1) is 0 Å². The number of piperazine rings is 1. The van der Waals surface area contributed by atoms with Gasteiger partial charge in [-0.25, -0.2) is 9.78 Å². The van der Waals surface area contributed by atoms with Gasteiger partial charge in [0.25, 0.3) is 11.5 Å². The molecule has 8 nitrogen and oxygen atoms in total. The number of aromatic amines is 1. The molecule has 154 valence electrons. The maximum Gasteiger partial charge on any atom is 0.330 e. The number of hydrogen-bond acceptors (Lipinski definition) is 5. The third-order valence-electron chi connectivity index (χ3n) is 5.97.